The zero-order valence-electron chi connectivity index (χ0n) is 20.3. The fourth-order valence-corrected chi connectivity index (χ4v) is 4.59. The molecule has 0 amide bonds. The lowest BCUT2D eigenvalue weighted by molar-refractivity contribution is 0.0697. The minimum atomic E-state index is -0.952. The van der Waals surface area contributed by atoms with Gasteiger partial charge < -0.3 is 9.67 Å². The van der Waals surface area contributed by atoms with Gasteiger partial charge >= 0.3 is 5.97 Å². The Bertz CT molecular complexity index is 1550. The molecular formula is C27H27BrN4O3. The minimum Gasteiger partial charge on any atom is -0.478 e. The maximum absolute atomic E-state index is 13.4. The summed E-state index contributed by atoms with van der Waals surface area (Å²) in [5.74, 6) is -0.278. The highest BCUT2D eigenvalue weighted by Crippen LogP contribution is 2.24. The summed E-state index contributed by atoms with van der Waals surface area (Å²) in [6.07, 6.45) is 2.52. The van der Waals surface area contributed by atoms with Gasteiger partial charge in [-0.05, 0) is 75.2 Å². The van der Waals surface area contributed by atoms with Crippen LogP contribution < -0.4 is 5.56 Å². The van der Waals surface area contributed by atoms with Crippen LogP contribution in [0.15, 0.2) is 56.8 Å². The highest BCUT2D eigenvalue weighted by molar-refractivity contribution is 9.10. The van der Waals surface area contributed by atoms with Gasteiger partial charge in [-0.3, -0.25) is 4.79 Å². The van der Waals surface area contributed by atoms with E-state index in [9.17, 15) is 14.7 Å². The second-order valence-corrected chi connectivity index (χ2v) is 9.69. The number of aromatic nitrogens is 3. The first-order chi connectivity index (χ1) is 16.6. The summed E-state index contributed by atoms with van der Waals surface area (Å²) in [7, 11) is 0. The Kier molecular flexibility index (Phi) is 6.76. The number of carbonyl (C=O) groups is 1. The quantitative estimate of drug-likeness (QED) is 0.308. The van der Waals surface area contributed by atoms with Gasteiger partial charge in [0.05, 0.1) is 22.7 Å². The largest absolute Gasteiger partial charge is 0.478 e. The first-order valence-electron chi connectivity index (χ1n) is 11.4. The van der Waals surface area contributed by atoms with E-state index in [1.165, 1.54) is 4.68 Å². The molecule has 0 saturated carbocycles. The standard InChI is InChI=1S/C27H27BrN4O3/c1-6-15(2)25-30-23-9-8-21(28)13-22(23)26(33)32(25)29-14-20-12-17(4)31(18(20)5)24-10-7-19(27(34)35)11-16(24)3/h7-15H,6H2,1-5H3,(H,34,35)/t15-/m0/s1. The van der Waals surface area contributed by atoms with Crippen LogP contribution in [0.4, 0.5) is 0 Å². The molecule has 7 nitrogen and oxygen atoms in total. The van der Waals surface area contributed by atoms with E-state index in [0.717, 1.165) is 39.1 Å². The van der Waals surface area contributed by atoms with Gasteiger partial charge in [0.25, 0.3) is 5.56 Å². The molecule has 0 spiro atoms. The molecule has 0 radical (unpaired) electrons. The normalized spacial score (nSPS) is 12.5. The lowest BCUT2D eigenvalue weighted by atomic mass is 10.1. The lowest BCUT2D eigenvalue weighted by Gasteiger charge is -2.14. The van der Waals surface area contributed by atoms with Crippen LogP contribution in [0.5, 0.6) is 0 Å². The number of nitrogens with zero attached hydrogens (tertiary/aromatic N) is 4. The zero-order chi connectivity index (χ0) is 25.4. The van der Waals surface area contributed by atoms with Crippen molar-refractivity contribution in [2.45, 2.75) is 47.0 Å². The molecule has 0 saturated heterocycles. The average molecular weight is 535 g/mol. The Balaban J connectivity index is 1.83. The predicted octanol–water partition coefficient (Wildman–Crippen LogP) is 5.97. The van der Waals surface area contributed by atoms with E-state index in [0.29, 0.717) is 16.7 Å². The van der Waals surface area contributed by atoms with Crippen LogP contribution in [0.2, 0.25) is 0 Å². The summed E-state index contributed by atoms with van der Waals surface area (Å²) >= 11 is 3.44. The molecule has 2 aromatic carbocycles. The number of carboxylic acid groups (broad SMARTS) is 1. The summed E-state index contributed by atoms with van der Waals surface area (Å²) in [4.78, 5) is 29.5. The molecule has 8 heteroatoms. The van der Waals surface area contributed by atoms with E-state index < -0.39 is 5.97 Å². The summed E-state index contributed by atoms with van der Waals surface area (Å²) in [6.45, 7) is 9.95. The number of aryl methyl sites for hydroxylation is 2. The Morgan fingerprint density at radius 3 is 2.57 bits per heavy atom. The third kappa shape index (κ3) is 4.58. The number of halogens is 1. The fourth-order valence-electron chi connectivity index (χ4n) is 4.23. The van der Waals surface area contributed by atoms with Crippen LogP contribution in [0, 0.1) is 20.8 Å². The van der Waals surface area contributed by atoms with E-state index in [1.54, 1.807) is 24.4 Å². The Morgan fingerprint density at radius 1 is 1.17 bits per heavy atom. The van der Waals surface area contributed by atoms with Gasteiger partial charge in [0.1, 0.15) is 5.82 Å². The van der Waals surface area contributed by atoms with E-state index >= 15 is 0 Å². The molecule has 0 aliphatic heterocycles. The van der Waals surface area contributed by atoms with Crippen molar-refractivity contribution < 1.29 is 9.90 Å². The Morgan fingerprint density at radius 2 is 1.91 bits per heavy atom. The fraction of sp³-hybridized carbons (Fsp3) is 0.259. The van der Waals surface area contributed by atoms with Gasteiger partial charge in [-0.15, -0.1) is 0 Å². The molecule has 0 aliphatic carbocycles. The SMILES string of the molecule is CC[C@H](C)c1nc2ccc(Br)cc2c(=O)n1N=Cc1cc(C)n(-c2ccc(C(=O)O)cc2C)c1C. The number of hydrogen-bond acceptors (Lipinski definition) is 4. The molecule has 1 atom stereocenters. The van der Waals surface area contributed by atoms with Crippen LogP contribution in [-0.4, -0.2) is 31.5 Å². The Hall–Kier alpha value is -3.52. The second kappa shape index (κ2) is 9.62. The van der Waals surface area contributed by atoms with Crippen molar-refractivity contribution >= 4 is 39.0 Å². The smallest absolute Gasteiger partial charge is 0.335 e. The number of carboxylic acids is 1. The van der Waals surface area contributed by atoms with Gasteiger partial charge in [0.2, 0.25) is 0 Å². The molecule has 0 aliphatic rings. The van der Waals surface area contributed by atoms with Gasteiger partial charge in [0, 0.05) is 33.0 Å². The van der Waals surface area contributed by atoms with Crippen LogP contribution in [-0.2, 0) is 0 Å². The predicted molar refractivity (Wildman–Crippen MR) is 142 cm³/mol. The number of hydrogen-bond donors (Lipinski definition) is 1. The number of aromatic carboxylic acids is 1. The van der Waals surface area contributed by atoms with Gasteiger partial charge in [-0.1, -0.05) is 29.8 Å². The second-order valence-electron chi connectivity index (χ2n) is 8.77. The summed E-state index contributed by atoms with van der Waals surface area (Å²) in [5.41, 5.74) is 5.23. The van der Waals surface area contributed by atoms with Gasteiger partial charge in [-0.25, -0.2) is 9.78 Å². The van der Waals surface area contributed by atoms with Crippen molar-refractivity contribution in [1.82, 2.24) is 14.2 Å². The summed E-state index contributed by atoms with van der Waals surface area (Å²) in [5, 5.41) is 14.4. The van der Waals surface area contributed by atoms with Crippen molar-refractivity contribution in [3.63, 3.8) is 0 Å². The molecule has 0 bridgehead atoms. The molecule has 0 fully saturated rings. The summed E-state index contributed by atoms with van der Waals surface area (Å²) in [6, 6.07) is 12.6. The van der Waals surface area contributed by atoms with E-state index in [2.05, 4.69) is 32.5 Å². The molecular weight excluding hydrogens is 508 g/mol. The monoisotopic (exact) mass is 534 g/mol. The third-order valence-electron chi connectivity index (χ3n) is 6.35. The maximum Gasteiger partial charge on any atom is 0.335 e. The average Bonchev–Trinajstić information content (AvgIpc) is 3.10. The van der Waals surface area contributed by atoms with Crippen molar-refractivity contribution in [1.29, 1.82) is 0 Å². The Labute approximate surface area is 211 Å². The van der Waals surface area contributed by atoms with Crippen LogP contribution >= 0.6 is 15.9 Å². The molecule has 4 rings (SSSR count). The van der Waals surface area contributed by atoms with Crippen LogP contribution in [0.25, 0.3) is 16.6 Å². The molecule has 180 valence electrons. The van der Waals surface area contributed by atoms with E-state index in [1.807, 2.05) is 52.0 Å². The first kappa shape index (κ1) is 24.6. The van der Waals surface area contributed by atoms with Gasteiger partial charge in [0.15, 0.2) is 0 Å². The third-order valence-corrected chi connectivity index (χ3v) is 6.85. The van der Waals surface area contributed by atoms with Crippen LogP contribution in [0.3, 0.4) is 0 Å². The van der Waals surface area contributed by atoms with Gasteiger partial charge in [-0.2, -0.15) is 9.78 Å². The maximum atomic E-state index is 13.4. The molecule has 4 aromatic rings. The molecule has 1 N–H and O–H groups in total. The minimum absolute atomic E-state index is 0.0516. The van der Waals surface area contributed by atoms with Crippen molar-refractivity contribution in [2.24, 2.45) is 5.10 Å². The lowest BCUT2D eigenvalue weighted by Crippen LogP contribution is -2.23. The van der Waals surface area contributed by atoms with E-state index in [4.69, 9.17) is 4.98 Å². The van der Waals surface area contributed by atoms with Crippen molar-refractivity contribution in [3.05, 3.63) is 91.2 Å². The molecule has 0 unspecified atom stereocenters. The zero-order valence-corrected chi connectivity index (χ0v) is 21.9. The molecule has 2 aromatic heterocycles. The highest BCUT2D eigenvalue weighted by Gasteiger charge is 2.17. The number of fused-ring (bicyclic) bond motifs is 1. The first-order valence-corrected chi connectivity index (χ1v) is 12.2. The van der Waals surface area contributed by atoms with Crippen molar-refractivity contribution in [3.8, 4) is 5.69 Å². The van der Waals surface area contributed by atoms with E-state index in [-0.39, 0.29) is 17.0 Å². The number of rotatable bonds is 6. The molecule has 2 heterocycles. The number of benzene rings is 2. The van der Waals surface area contributed by atoms with Crippen molar-refractivity contribution in [2.75, 3.05) is 0 Å². The summed E-state index contributed by atoms with van der Waals surface area (Å²) < 4.78 is 4.28. The highest BCUT2D eigenvalue weighted by atomic mass is 79.9. The topological polar surface area (TPSA) is 89.5 Å². The van der Waals surface area contributed by atoms with Crippen LogP contribution in [0.1, 0.15) is 64.9 Å². The molecule has 35 heavy (non-hydrogen) atoms.